The molecule has 2 aromatic rings. The van der Waals surface area contributed by atoms with E-state index in [1.807, 2.05) is 19.1 Å². The van der Waals surface area contributed by atoms with Crippen LogP contribution in [0.5, 0.6) is 0 Å². The van der Waals surface area contributed by atoms with Gasteiger partial charge in [-0.2, -0.15) is 0 Å². The van der Waals surface area contributed by atoms with Gasteiger partial charge in [0.25, 0.3) is 0 Å². The van der Waals surface area contributed by atoms with E-state index in [9.17, 15) is 4.79 Å². The molecule has 0 atom stereocenters. The van der Waals surface area contributed by atoms with E-state index in [1.165, 1.54) is 5.56 Å². The maximum absolute atomic E-state index is 11.1. The third-order valence-electron chi connectivity index (χ3n) is 2.85. The Morgan fingerprint density at radius 3 is 2.53 bits per heavy atom. The van der Waals surface area contributed by atoms with E-state index in [-0.39, 0.29) is 0 Å². The lowest BCUT2D eigenvalue weighted by Crippen LogP contribution is -2.11. The van der Waals surface area contributed by atoms with Crippen LogP contribution in [-0.4, -0.2) is 5.91 Å². The molecule has 0 spiro atoms. The molecule has 0 saturated carbocycles. The van der Waals surface area contributed by atoms with Crippen molar-refractivity contribution in [1.82, 2.24) is 0 Å². The summed E-state index contributed by atoms with van der Waals surface area (Å²) in [5, 5.41) is 3.77. The second-order valence-corrected chi connectivity index (χ2v) is 4.81. The number of rotatable bonds is 4. The van der Waals surface area contributed by atoms with Gasteiger partial charge < -0.3 is 11.1 Å². The van der Waals surface area contributed by atoms with Crippen molar-refractivity contribution >= 4 is 23.2 Å². The zero-order valence-corrected chi connectivity index (χ0v) is 11.4. The maximum Gasteiger partial charge on any atom is 0.248 e. The first kappa shape index (κ1) is 13.4. The molecule has 19 heavy (non-hydrogen) atoms. The zero-order chi connectivity index (χ0) is 13.8. The number of halogens is 1. The quantitative estimate of drug-likeness (QED) is 0.898. The Labute approximate surface area is 117 Å². The van der Waals surface area contributed by atoms with Gasteiger partial charge in [-0.3, -0.25) is 4.79 Å². The lowest BCUT2D eigenvalue weighted by atomic mass is 10.1. The summed E-state index contributed by atoms with van der Waals surface area (Å²) < 4.78 is 0. The molecule has 0 radical (unpaired) electrons. The van der Waals surface area contributed by atoms with Crippen molar-refractivity contribution in [3.8, 4) is 0 Å². The molecule has 0 unspecified atom stereocenters. The predicted molar refractivity (Wildman–Crippen MR) is 78.5 cm³/mol. The van der Waals surface area contributed by atoms with Crippen molar-refractivity contribution < 1.29 is 4.79 Å². The minimum atomic E-state index is -0.463. The summed E-state index contributed by atoms with van der Waals surface area (Å²) in [5.41, 5.74) is 8.76. The molecule has 0 aliphatic carbocycles. The van der Waals surface area contributed by atoms with Crippen molar-refractivity contribution in [1.29, 1.82) is 0 Å². The SMILES string of the molecule is Cc1ccc(CNc2cc(C(N)=O)ccc2Cl)cc1. The van der Waals surface area contributed by atoms with Gasteiger partial charge in [-0.1, -0.05) is 41.4 Å². The summed E-state index contributed by atoms with van der Waals surface area (Å²) in [4.78, 5) is 11.1. The normalized spacial score (nSPS) is 10.2. The summed E-state index contributed by atoms with van der Waals surface area (Å²) in [6.45, 7) is 2.69. The molecular formula is C15H15ClN2O. The maximum atomic E-state index is 11.1. The van der Waals surface area contributed by atoms with Crippen LogP contribution in [0.2, 0.25) is 5.02 Å². The molecule has 0 aliphatic rings. The lowest BCUT2D eigenvalue weighted by molar-refractivity contribution is 0.100. The minimum absolute atomic E-state index is 0.441. The number of nitrogens with one attached hydrogen (secondary N) is 1. The molecule has 3 nitrogen and oxygen atoms in total. The van der Waals surface area contributed by atoms with Crippen molar-refractivity contribution in [2.45, 2.75) is 13.5 Å². The molecular weight excluding hydrogens is 260 g/mol. The van der Waals surface area contributed by atoms with E-state index in [0.29, 0.717) is 22.8 Å². The number of primary amides is 1. The number of hydrogen-bond donors (Lipinski definition) is 2. The van der Waals surface area contributed by atoms with E-state index in [4.69, 9.17) is 17.3 Å². The topological polar surface area (TPSA) is 55.1 Å². The first-order valence-electron chi connectivity index (χ1n) is 5.95. The fourth-order valence-electron chi connectivity index (χ4n) is 1.72. The predicted octanol–water partition coefficient (Wildman–Crippen LogP) is 3.36. The number of hydrogen-bond acceptors (Lipinski definition) is 2. The molecule has 0 saturated heterocycles. The highest BCUT2D eigenvalue weighted by Crippen LogP contribution is 2.23. The van der Waals surface area contributed by atoms with Crippen molar-refractivity contribution in [2.24, 2.45) is 5.73 Å². The molecule has 1 amide bonds. The third kappa shape index (κ3) is 3.48. The number of carbonyl (C=O) groups excluding carboxylic acids is 1. The van der Waals surface area contributed by atoms with Crippen LogP contribution in [0.1, 0.15) is 21.5 Å². The lowest BCUT2D eigenvalue weighted by Gasteiger charge is -2.10. The van der Waals surface area contributed by atoms with Gasteiger partial charge in [0.15, 0.2) is 0 Å². The van der Waals surface area contributed by atoms with Crippen molar-refractivity contribution in [3.05, 3.63) is 64.2 Å². The van der Waals surface area contributed by atoms with Gasteiger partial charge in [-0.05, 0) is 30.7 Å². The average molecular weight is 275 g/mol. The van der Waals surface area contributed by atoms with Crippen LogP contribution in [0.4, 0.5) is 5.69 Å². The van der Waals surface area contributed by atoms with Crippen LogP contribution in [0.15, 0.2) is 42.5 Å². The van der Waals surface area contributed by atoms with Gasteiger partial charge in [0.2, 0.25) is 5.91 Å². The molecule has 2 rings (SSSR count). The largest absolute Gasteiger partial charge is 0.380 e. The van der Waals surface area contributed by atoms with Gasteiger partial charge in [-0.15, -0.1) is 0 Å². The Morgan fingerprint density at radius 1 is 1.21 bits per heavy atom. The van der Waals surface area contributed by atoms with Gasteiger partial charge in [0, 0.05) is 12.1 Å². The molecule has 0 aliphatic heterocycles. The highest BCUT2D eigenvalue weighted by Gasteiger charge is 2.05. The Hall–Kier alpha value is -2.00. The molecule has 0 bridgehead atoms. The Kier molecular flexibility index (Phi) is 4.07. The monoisotopic (exact) mass is 274 g/mol. The number of benzene rings is 2. The molecule has 3 N–H and O–H groups in total. The standard InChI is InChI=1S/C15H15ClN2O/c1-10-2-4-11(5-3-10)9-18-14-8-12(15(17)19)6-7-13(14)16/h2-8,18H,9H2,1H3,(H2,17,19). The van der Waals surface area contributed by atoms with Crippen molar-refractivity contribution in [2.75, 3.05) is 5.32 Å². The smallest absolute Gasteiger partial charge is 0.248 e. The van der Waals surface area contributed by atoms with E-state index in [2.05, 4.69) is 17.4 Å². The first-order valence-corrected chi connectivity index (χ1v) is 6.33. The van der Waals surface area contributed by atoms with E-state index in [0.717, 1.165) is 5.56 Å². The molecule has 0 fully saturated rings. The number of aryl methyl sites for hydroxylation is 1. The number of carbonyl (C=O) groups is 1. The van der Waals surface area contributed by atoms with Crippen LogP contribution in [0.3, 0.4) is 0 Å². The first-order chi connectivity index (χ1) is 9.06. The van der Waals surface area contributed by atoms with E-state index in [1.54, 1.807) is 18.2 Å². The fourth-order valence-corrected chi connectivity index (χ4v) is 1.90. The summed E-state index contributed by atoms with van der Waals surface area (Å²) in [5.74, 6) is -0.463. The molecule has 4 heteroatoms. The van der Waals surface area contributed by atoms with Crippen LogP contribution in [0.25, 0.3) is 0 Å². The molecule has 0 aromatic heterocycles. The highest BCUT2D eigenvalue weighted by molar-refractivity contribution is 6.33. The van der Waals surface area contributed by atoms with E-state index >= 15 is 0 Å². The van der Waals surface area contributed by atoms with Gasteiger partial charge in [-0.25, -0.2) is 0 Å². The zero-order valence-electron chi connectivity index (χ0n) is 10.6. The number of nitrogens with two attached hydrogens (primary N) is 1. The summed E-state index contributed by atoms with van der Waals surface area (Å²) in [6, 6.07) is 13.2. The second-order valence-electron chi connectivity index (χ2n) is 4.40. The van der Waals surface area contributed by atoms with Crippen LogP contribution >= 0.6 is 11.6 Å². The van der Waals surface area contributed by atoms with E-state index < -0.39 is 5.91 Å². The van der Waals surface area contributed by atoms with Gasteiger partial charge in [0.05, 0.1) is 10.7 Å². The fraction of sp³-hybridized carbons (Fsp3) is 0.133. The number of anilines is 1. The molecule has 0 heterocycles. The highest BCUT2D eigenvalue weighted by atomic mass is 35.5. The Morgan fingerprint density at radius 2 is 1.89 bits per heavy atom. The second kappa shape index (κ2) is 5.76. The van der Waals surface area contributed by atoms with Crippen LogP contribution < -0.4 is 11.1 Å². The Balaban J connectivity index is 2.12. The molecule has 98 valence electrons. The molecule has 2 aromatic carbocycles. The van der Waals surface area contributed by atoms with Gasteiger partial charge in [0.1, 0.15) is 0 Å². The Bertz CT molecular complexity index is 594. The summed E-state index contributed by atoms with van der Waals surface area (Å²) in [6.07, 6.45) is 0. The van der Waals surface area contributed by atoms with Crippen LogP contribution in [-0.2, 0) is 6.54 Å². The van der Waals surface area contributed by atoms with Gasteiger partial charge >= 0.3 is 0 Å². The van der Waals surface area contributed by atoms with Crippen molar-refractivity contribution in [3.63, 3.8) is 0 Å². The van der Waals surface area contributed by atoms with Crippen LogP contribution in [0, 0.1) is 6.92 Å². The minimum Gasteiger partial charge on any atom is -0.380 e. The summed E-state index contributed by atoms with van der Waals surface area (Å²) in [7, 11) is 0. The average Bonchev–Trinajstić information content (AvgIpc) is 2.39. The number of amides is 1. The third-order valence-corrected chi connectivity index (χ3v) is 3.18. The summed E-state index contributed by atoms with van der Waals surface area (Å²) >= 11 is 6.08.